The van der Waals surface area contributed by atoms with E-state index in [9.17, 15) is 4.79 Å². The fraction of sp³-hybridized carbons (Fsp3) is 0.900. The second-order valence-electron chi connectivity index (χ2n) is 3.94. The molecule has 0 atom stereocenters. The Bertz CT molecular complexity index is 160. The smallest absolute Gasteiger partial charge is 0.303 e. The number of rotatable bonds is 4. The van der Waals surface area contributed by atoms with Gasteiger partial charge in [-0.1, -0.05) is 0 Å². The predicted molar refractivity (Wildman–Crippen MR) is 49.6 cm³/mol. The van der Waals surface area contributed by atoms with Crippen LogP contribution in [0.1, 0.15) is 32.1 Å². The molecule has 1 rings (SSSR count). The number of hydrogen-bond donors (Lipinski definition) is 1. The first-order chi connectivity index (χ1) is 6.22. The summed E-state index contributed by atoms with van der Waals surface area (Å²) in [5, 5.41) is 8.61. The predicted octanol–water partition coefficient (Wildman–Crippen LogP) is 1.91. The van der Waals surface area contributed by atoms with E-state index in [1.165, 1.54) is 0 Å². The van der Waals surface area contributed by atoms with Gasteiger partial charge in [-0.15, -0.1) is 0 Å². The van der Waals surface area contributed by atoms with Gasteiger partial charge < -0.3 is 9.84 Å². The molecule has 0 spiro atoms. The first kappa shape index (κ1) is 10.5. The van der Waals surface area contributed by atoms with Gasteiger partial charge in [0.2, 0.25) is 0 Å². The van der Waals surface area contributed by atoms with E-state index in [1.54, 1.807) is 7.11 Å². The quantitative estimate of drug-likeness (QED) is 0.729. The van der Waals surface area contributed by atoms with Gasteiger partial charge in [0.1, 0.15) is 0 Å². The van der Waals surface area contributed by atoms with Gasteiger partial charge in [-0.25, -0.2) is 0 Å². The van der Waals surface area contributed by atoms with Crippen LogP contribution in [0.15, 0.2) is 0 Å². The van der Waals surface area contributed by atoms with Crippen LogP contribution in [0.2, 0.25) is 0 Å². The van der Waals surface area contributed by atoms with E-state index in [4.69, 9.17) is 9.84 Å². The molecule has 0 unspecified atom stereocenters. The fourth-order valence-electron chi connectivity index (χ4n) is 2.08. The Morgan fingerprint density at radius 1 is 1.31 bits per heavy atom. The largest absolute Gasteiger partial charge is 0.481 e. The van der Waals surface area contributed by atoms with Crippen LogP contribution in [0, 0.1) is 11.8 Å². The summed E-state index contributed by atoms with van der Waals surface area (Å²) in [7, 11) is 1.73. The summed E-state index contributed by atoms with van der Waals surface area (Å²) in [6.45, 7) is 0.833. The fourth-order valence-corrected chi connectivity index (χ4v) is 2.08. The zero-order valence-electron chi connectivity index (χ0n) is 8.16. The minimum Gasteiger partial charge on any atom is -0.481 e. The number of aliphatic carboxylic acids is 1. The minimum atomic E-state index is -0.657. The van der Waals surface area contributed by atoms with Gasteiger partial charge in [-0.3, -0.25) is 4.79 Å². The molecular weight excluding hydrogens is 168 g/mol. The first-order valence-electron chi connectivity index (χ1n) is 4.93. The van der Waals surface area contributed by atoms with Crippen molar-refractivity contribution in [2.75, 3.05) is 13.7 Å². The molecule has 0 aliphatic heterocycles. The van der Waals surface area contributed by atoms with Crippen molar-refractivity contribution in [3.8, 4) is 0 Å². The van der Waals surface area contributed by atoms with Crippen LogP contribution in [0.3, 0.4) is 0 Å². The van der Waals surface area contributed by atoms with Crippen molar-refractivity contribution in [3.05, 3.63) is 0 Å². The maximum atomic E-state index is 10.5. The molecule has 0 aromatic heterocycles. The Hall–Kier alpha value is -0.570. The normalized spacial score (nSPS) is 28.7. The molecule has 0 bridgehead atoms. The molecule has 13 heavy (non-hydrogen) atoms. The molecule has 1 aliphatic rings. The molecule has 0 amide bonds. The van der Waals surface area contributed by atoms with Crippen molar-refractivity contribution in [3.63, 3.8) is 0 Å². The van der Waals surface area contributed by atoms with Crippen LogP contribution in [0.25, 0.3) is 0 Å². The molecule has 3 nitrogen and oxygen atoms in total. The standard InChI is InChI=1S/C10H18O3/c1-13-7-9-4-2-8(3-5-9)6-10(11)12/h8-9H,2-7H2,1H3,(H,11,12). The molecule has 0 aromatic rings. The summed E-state index contributed by atoms with van der Waals surface area (Å²) >= 11 is 0. The lowest BCUT2D eigenvalue weighted by atomic mass is 9.81. The average molecular weight is 186 g/mol. The van der Waals surface area contributed by atoms with Crippen molar-refractivity contribution in [1.29, 1.82) is 0 Å². The van der Waals surface area contributed by atoms with Crippen LogP contribution < -0.4 is 0 Å². The zero-order chi connectivity index (χ0) is 9.68. The SMILES string of the molecule is COCC1CCC(CC(=O)O)CC1. The monoisotopic (exact) mass is 186 g/mol. The van der Waals surface area contributed by atoms with Gasteiger partial charge in [0.15, 0.2) is 0 Å². The number of hydrogen-bond acceptors (Lipinski definition) is 2. The van der Waals surface area contributed by atoms with E-state index in [0.717, 1.165) is 32.3 Å². The highest BCUT2D eigenvalue weighted by Gasteiger charge is 2.22. The molecule has 0 saturated heterocycles. The number of methoxy groups -OCH3 is 1. The Kier molecular flexibility index (Phi) is 4.22. The average Bonchev–Trinajstić information content (AvgIpc) is 2.08. The van der Waals surface area contributed by atoms with E-state index in [0.29, 0.717) is 18.3 Å². The van der Waals surface area contributed by atoms with Gasteiger partial charge in [0, 0.05) is 20.1 Å². The van der Waals surface area contributed by atoms with Gasteiger partial charge in [-0.05, 0) is 37.5 Å². The Balaban J connectivity index is 2.18. The summed E-state index contributed by atoms with van der Waals surface area (Å²) in [6, 6.07) is 0. The molecule has 3 heteroatoms. The second-order valence-corrected chi connectivity index (χ2v) is 3.94. The molecule has 0 radical (unpaired) electrons. The number of carboxylic acids is 1. The van der Waals surface area contributed by atoms with Crippen molar-refractivity contribution < 1.29 is 14.6 Å². The van der Waals surface area contributed by atoms with Crippen molar-refractivity contribution in [2.24, 2.45) is 11.8 Å². The van der Waals surface area contributed by atoms with Gasteiger partial charge in [0.25, 0.3) is 0 Å². The van der Waals surface area contributed by atoms with E-state index in [-0.39, 0.29) is 0 Å². The molecule has 76 valence electrons. The number of carbonyl (C=O) groups is 1. The summed E-state index contributed by atoms with van der Waals surface area (Å²) in [4.78, 5) is 10.5. The molecular formula is C10H18O3. The minimum absolute atomic E-state index is 0.347. The summed E-state index contributed by atoms with van der Waals surface area (Å²) in [5.74, 6) is 0.413. The van der Waals surface area contributed by atoms with Crippen molar-refractivity contribution in [1.82, 2.24) is 0 Å². The molecule has 0 heterocycles. The lowest BCUT2D eigenvalue weighted by Gasteiger charge is -2.26. The maximum Gasteiger partial charge on any atom is 0.303 e. The third kappa shape index (κ3) is 3.77. The summed E-state index contributed by atoms with van der Waals surface area (Å²) < 4.78 is 5.08. The lowest BCUT2D eigenvalue weighted by molar-refractivity contribution is -0.138. The maximum absolute atomic E-state index is 10.5. The summed E-state index contributed by atoms with van der Waals surface area (Å²) in [5.41, 5.74) is 0. The highest BCUT2D eigenvalue weighted by molar-refractivity contribution is 5.67. The second kappa shape index (κ2) is 5.22. The van der Waals surface area contributed by atoms with Crippen LogP contribution in [0.4, 0.5) is 0 Å². The Morgan fingerprint density at radius 3 is 2.31 bits per heavy atom. The third-order valence-electron chi connectivity index (χ3n) is 2.83. The lowest BCUT2D eigenvalue weighted by Crippen LogP contribution is -2.19. The van der Waals surface area contributed by atoms with Crippen molar-refractivity contribution in [2.45, 2.75) is 32.1 Å². The molecule has 1 saturated carbocycles. The Morgan fingerprint density at radius 2 is 1.85 bits per heavy atom. The van der Waals surface area contributed by atoms with Crippen LogP contribution >= 0.6 is 0 Å². The number of ether oxygens (including phenoxy) is 1. The highest BCUT2D eigenvalue weighted by atomic mass is 16.5. The molecule has 0 aromatic carbocycles. The summed E-state index contributed by atoms with van der Waals surface area (Å²) in [6.07, 6.45) is 4.72. The van der Waals surface area contributed by atoms with Crippen molar-refractivity contribution >= 4 is 5.97 Å². The molecule has 1 fully saturated rings. The van der Waals surface area contributed by atoms with Crippen LogP contribution in [0.5, 0.6) is 0 Å². The number of carboxylic acid groups (broad SMARTS) is 1. The van der Waals surface area contributed by atoms with Gasteiger partial charge in [-0.2, -0.15) is 0 Å². The topological polar surface area (TPSA) is 46.5 Å². The highest BCUT2D eigenvalue weighted by Crippen LogP contribution is 2.30. The first-order valence-corrected chi connectivity index (χ1v) is 4.93. The van der Waals surface area contributed by atoms with Gasteiger partial charge >= 0.3 is 5.97 Å². The van der Waals surface area contributed by atoms with E-state index in [2.05, 4.69) is 0 Å². The van der Waals surface area contributed by atoms with E-state index < -0.39 is 5.97 Å². The van der Waals surface area contributed by atoms with Crippen LogP contribution in [-0.4, -0.2) is 24.8 Å². The Labute approximate surface area is 79.1 Å². The van der Waals surface area contributed by atoms with Gasteiger partial charge in [0.05, 0.1) is 0 Å². The van der Waals surface area contributed by atoms with E-state index in [1.807, 2.05) is 0 Å². The molecule has 1 aliphatic carbocycles. The zero-order valence-corrected chi connectivity index (χ0v) is 8.16. The van der Waals surface area contributed by atoms with Crippen LogP contribution in [-0.2, 0) is 9.53 Å². The van der Waals surface area contributed by atoms with E-state index >= 15 is 0 Å². The molecule has 1 N–H and O–H groups in total. The third-order valence-corrected chi connectivity index (χ3v) is 2.83.